The van der Waals surface area contributed by atoms with Gasteiger partial charge in [0.2, 0.25) is 4.96 Å². The molecule has 1 aliphatic rings. The highest BCUT2D eigenvalue weighted by molar-refractivity contribution is 7.14. The third-order valence-corrected chi connectivity index (χ3v) is 5.26. The van der Waals surface area contributed by atoms with Gasteiger partial charge in [-0.25, -0.2) is 19.0 Å². The minimum Gasteiger partial charge on any atom is -0.330 e. The van der Waals surface area contributed by atoms with E-state index < -0.39 is 0 Å². The summed E-state index contributed by atoms with van der Waals surface area (Å²) in [7, 11) is 0. The maximum Gasteiger partial charge on any atom is 0.320 e. The molecule has 0 aromatic carbocycles. The van der Waals surface area contributed by atoms with E-state index in [1.807, 2.05) is 30.8 Å². The second kappa shape index (κ2) is 6.47. The van der Waals surface area contributed by atoms with Crippen LogP contribution in [0.3, 0.4) is 0 Å². The number of carbonyl (C=O) groups excluding carboxylic acids is 1. The van der Waals surface area contributed by atoms with Crippen LogP contribution in [0, 0.1) is 6.92 Å². The van der Waals surface area contributed by atoms with Crippen molar-refractivity contribution in [1.82, 2.24) is 29.7 Å². The van der Waals surface area contributed by atoms with Crippen molar-refractivity contribution in [2.45, 2.75) is 51.6 Å². The van der Waals surface area contributed by atoms with Gasteiger partial charge in [-0.1, -0.05) is 24.2 Å². The molecule has 25 heavy (non-hydrogen) atoms. The zero-order valence-corrected chi connectivity index (χ0v) is 15.1. The van der Waals surface area contributed by atoms with Gasteiger partial charge in [0, 0.05) is 6.07 Å². The Morgan fingerprint density at radius 3 is 2.96 bits per heavy atom. The number of imidazole rings is 1. The Balaban J connectivity index is 1.44. The van der Waals surface area contributed by atoms with Gasteiger partial charge in [0.25, 0.3) is 0 Å². The van der Waals surface area contributed by atoms with E-state index in [0.717, 1.165) is 35.0 Å². The molecule has 0 spiro atoms. The smallest absolute Gasteiger partial charge is 0.320 e. The van der Waals surface area contributed by atoms with Gasteiger partial charge in [-0.2, -0.15) is 10.2 Å². The predicted octanol–water partition coefficient (Wildman–Crippen LogP) is 3.29. The Morgan fingerprint density at radius 2 is 2.20 bits per heavy atom. The molecule has 1 aliphatic carbocycles. The molecule has 3 aromatic heterocycles. The molecule has 0 saturated heterocycles. The molecule has 132 valence electrons. The van der Waals surface area contributed by atoms with Crippen LogP contribution in [0.2, 0.25) is 0 Å². The van der Waals surface area contributed by atoms with Crippen LogP contribution in [0.1, 0.15) is 56.1 Å². The lowest BCUT2D eigenvalue weighted by Crippen LogP contribution is -2.32. The van der Waals surface area contributed by atoms with Gasteiger partial charge in [0.05, 0.1) is 29.7 Å². The van der Waals surface area contributed by atoms with Gasteiger partial charge >= 0.3 is 6.03 Å². The Morgan fingerprint density at radius 1 is 1.40 bits per heavy atom. The van der Waals surface area contributed by atoms with Crippen LogP contribution >= 0.6 is 11.3 Å². The Labute approximate surface area is 149 Å². The van der Waals surface area contributed by atoms with Gasteiger partial charge < -0.3 is 5.32 Å². The Kier molecular flexibility index (Phi) is 4.16. The van der Waals surface area contributed by atoms with Crippen molar-refractivity contribution in [3.8, 4) is 0 Å². The molecule has 3 heterocycles. The van der Waals surface area contributed by atoms with Crippen LogP contribution in [-0.2, 0) is 0 Å². The van der Waals surface area contributed by atoms with Crippen LogP contribution in [0.4, 0.5) is 10.6 Å². The fraction of sp³-hybridized carbons (Fsp3) is 0.500. The SMILES string of the molecule is Cc1cc(NC(=O)NC(C)c2cn3ncsc3n2)n(C2CCCC2)n1. The van der Waals surface area contributed by atoms with E-state index in [-0.39, 0.29) is 12.1 Å². The molecule has 9 heteroatoms. The summed E-state index contributed by atoms with van der Waals surface area (Å²) in [5, 5.41) is 14.6. The van der Waals surface area contributed by atoms with E-state index >= 15 is 0 Å². The number of fused-ring (bicyclic) bond motifs is 1. The van der Waals surface area contributed by atoms with Crippen molar-refractivity contribution in [1.29, 1.82) is 0 Å². The van der Waals surface area contributed by atoms with Crippen molar-refractivity contribution < 1.29 is 4.79 Å². The molecule has 4 rings (SSSR count). The largest absolute Gasteiger partial charge is 0.330 e. The monoisotopic (exact) mass is 359 g/mol. The Hall–Kier alpha value is -2.42. The summed E-state index contributed by atoms with van der Waals surface area (Å²) in [6.45, 7) is 3.85. The zero-order chi connectivity index (χ0) is 17.4. The lowest BCUT2D eigenvalue weighted by molar-refractivity contribution is 0.249. The predicted molar refractivity (Wildman–Crippen MR) is 95.9 cm³/mol. The number of aryl methyl sites for hydroxylation is 1. The fourth-order valence-corrected chi connectivity index (χ4v) is 3.93. The second-order valence-corrected chi connectivity index (χ2v) is 7.32. The summed E-state index contributed by atoms with van der Waals surface area (Å²) in [4.78, 5) is 17.7. The van der Waals surface area contributed by atoms with Gasteiger partial charge in [-0.3, -0.25) is 5.32 Å². The molecule has 3 aromatic rings. The lowest BCUT2D eigenvalue weighted by atomic mass is 10.2. The van der Waals surface area contributed by atoms with Gasteiger partial charge in [-0.05, 0) is 26.7 Å². The number of carbonyl (C=O) groups is 1. The minimum absolute atomic E-state index is 0.210. The molecule has 0 radical (unpaired) electrons. The number of amides is 2. The first-order valence-corrected chi connectivity index (χ1v) is 9.40. The average molecular weight is 359 g/mol. The number of aromatic nitrogens is 5. The summed E-state index contributed by atoms with van der Waals surface area (Å²) >= 11 is 1.47. The van der Waals surface area contributed by atoms with Crippen molar-refractivity contribution in [2.24, 2.45) is 0 Å². The van der Waals surface area contributed by atoms with Gasteiger partial charge in [0.1, 0.15) is 11.3 Å². The quantitative estimate of drug-likeness (QED) is 0.748. The van der Waals surface area contributed by atoms with E-state index in [1.165, 1.54) is 24.2 Å². The maximum absolute atomic E-state index is 12.4. The van der Waals surface area contributed by atoms with E-state index in [9.17, 15) is 4.79 Å². The van der Waals surface area contributed by atoms with Gasteiger partial charge in [0.15, 0.2) is 0 Å². The summed E-state index contributed by atoms with van der Waals surface area (Å²) in [6, 6.07) is 1.83. The van der Waals surface area contributed by atoms with Crippen LogP contribution in [0.5, 0.6) is 0 Å². The van der Waals surface area contributed by atoms with Crippen molar-refractivity contribution in [3.63, 3.8) is 0 Å². The molecule has 1 fully saturated rings. The lowest BCUT2D eigenvalue weighted by Gasteiger charge is -2.16. The molecule has 2 amide bonds. The molecule has 2 N–H and O–H groups in total. The molecule has 1 saturated carbocycles. The van der Waals surface area contributed by atoms with E-state index in [4.69, 9.17) is 0 Å². The number of nitrogens with one attached hydrogen (secondary N) is 2. The standard InChI is InChI=1S/C16H21N7OS/c1-10-7-14(23(21-10)12-5-3-4-6-12)20-15(24)18-11(2)13-8-22-16(19-13)25-9-17-22/h7-9,11-12H,3-6H2,1-2H3,(H2,18,20,24). The average Bonchev–Trinajstić information content (AvgIpc) is 3.30. The van der Waals surface area contributed by atoms with Crippen LogP contribution < -0.4 is 10.6 Å². The number of hydrogen-bond acceptors (Lipinski definition) is 5. The van der Waals surface area contributed by atoms with Crippen LogP contribution in [0.15, 0.2) is 17.8 Å². The van der Waals surface area contributed by atoms with Crippen molar-refractivity contribution >= 4 is 28.1 Å². The van der Waals surface area contributed by atoms with E-state index in [1.54, 1.807) is 10.0 Å². The van der Waals surface area contributed by atoms with Crippen LogP contribution in [0.25, 0.3) is 4.96 Å². The van der Waals surface area contributed by atoms with E-state index in [2.05, 4.69) is 25.8 Å². The summed E-state index contributed by atoms with van der Waals surface area (Å²) in [5.74, 6) is 0.751. The number of nitrogens with zero attached hydrogens (tertiary/aromatic N) is 5. The third kappa shape index (κ3) is 3.23. The second-order valence-electron chi connectivity index (χ2n) is 6.51. The maximum atomic E-state index is 12.4. The third-order valence-electron chi connectivity index (χ3n) is 4.57. The molecule has 0 aliphatic heterocycles. The summed E-state index contributed by atoms with van der Waals surface area (Å²) in [6.07, 6.45) is 6.51. The Bertz CT molecular complexity index is 861. The normalized spacial score (nSPS) is 16.4. The first-order chi connectivity index (χ1) is 12.1. The zero-order valence-electron chi connectivity index (χ0n) is 14.3. The van der Waals surface area contributed by atoms with Crippen molar-refractivity contribution in [3.05, 3.63) is 29.2 Å². The van der Waals surface area contributed by atoms with Gasteiger partial charge in [-0.15, -0.1) is 0 Å². The number of urea groups is 1. The summed E-state index contributed by atoms with van der Waals surface area (Å²) in [5.41, 5.74) is 3.44. The minimum atomic E-state index is -0.254. The number of rotatable bonds is 4. The van der Waals surface area contributed by atoms with Crippen LogP contribution in [-0.4, -0.2) is 30.4 Å². The first-order valence-electron chi connectivity index (χ1n) is 8.52. The molecule has 1 atom stereocenters. The molecule has 1 unspecified atom stereocenters. The highest BCUT2D eigenvalue weighted by Crippen LogP contribution is 2.31. The topological polar surface area (TPSA) is 89.1 Å². The molecular formula is C16H21N7OS. The van der Waals surface area contributed by atoms with Crippen molar-refractivity contribution in [2.75, 3.05) is 5.32 Å². The summed E-state index contributed by atoms with van der Waals surface area (Å²) < 4.78 is 3.68. The highest BCUT2D eigenvalue weighted by atomic mass is 32.1. The number of hydrogen-bond donors (Lipinski definition) is 2. The van der Waals surface area contributed by atoms with E-state index in [0.29, 0.717) is 6.04 Å². The molecular weight excluding hydrogens is 338 g/mol. The molecule has 0 bridgehead atoms. The number of anilines is 1. The fourth-order valence-electron chi connectivity index (χ4n) is 3.32. The highest BCUT2D eigenvalue weighted by Gasteiger charge is 2.22. The molecule has 8 nitrogen and oxygen atoms in total. The first kappa shape index (κ1) is 16.1.